The van der Waals surface area contributed by atoms with Crippen LogP contribution in [0, 0.1) is 30.3 Å². The topological polar surface area (TPSA) is 98.4 Å². The zero-order valence-corrected chi connectivity index (χ0v) is 22.2. The fourth-order valence-corrected chi connectivity index (χ4v) is 5.71. The molecule has 7 nitrogen and oxygen atoms in total. The van der Waals surface area contributed by atoms with Crippen LogP contribution in [0.15, 0.2) is 42.7 Å². The number of likely N-dealkylation sites (N-methyl/N-ethyl adjacent to an activating group) is 1. The number of pyridine rings is 2. The molecule has 0 aliphatic heterocycles. The lowest BCUT2D eigenvalue weighted by Crippen LogP contribution is -2.55. The number of hydrogen-bond acceptors (Lipinski definition) is 6. The van der Waals surface area contributed by atoms with Gasteiger partial charge < -0.3 is 15.4 Å². The van der Waals surface area contributed by atoms with Crippen molar-refractivity contribution >= 4 is 11.9 Å². The number of rotatable bonds is 6. The molecule has 1 aliphatic rings. The Morgan fingerprint density at radius 3 is 2.44 bits per heavy atom. The molecule has 206 valence electrons. The second-order valence-electron chi connectivity index (χ2n) is 10.2. The normalized spacial score (nSPS) is 20.9. The molecule has 1 fully saturated rings. The van der Waals surface area contributed by atoms with E-state index in [1.54, 1.807) is 19.4 Å². The van der Waals surface area contributed by atoms with Crippen LogP contribution in [0.5, 0.6) is 0 Å². The van der Waals surface area contributed by atoms with Gasteiger partial charge in [-0.15, -0.1) is 0 Å². The Morgan fingerprint density at radius 1 is 1.10 bits per heavy atom. The van der Waals surface area contributed by atoms with Crippen LogP contribution in [-0.2, 0) is 11.2 Å². The highest BCUT2D eigenvalue weighted by Gasteiger charge is 2.39. The fraction of sp³-hybridized carbons (Fsp3) is 0.379. The van der Waals surface area contributed by atoms with E-state index in [-0.39, 0.29) is 36.0 Å². The summed E-state index contributed by atoms with van der Waals surface area (Å²) in [6.07, 6.45) is 3.99. The van der Waals surface area contributed by atoms with Crippen LogP contribution >= 0.6 is 0 Å². The molecule has 1 amide bonds. The standard InChI is InChI=1S/C29H31F3N4O3/c1-15-9-21(31)26(22(32)10-15)27-20(30)5-6-24(35-27)25(37)13-18-14-34-8-7-19(18)17-11-16(2)28(23(33)12-17)36(3)29(38)39-4/h5-10,14,16-17,23,28H,11-13,33H2,1-4H3/t16-,17+,23+,28-/m1/s1. The highest BCUT2D eigenvalue weighted by atomic mass is 19.1. The van der Waals surface area contributed by atoms with Crippen molar-refractivity contribution in [3.05, 3.63) is 82.6 Å². The highest BCUT2D eigenvalue weighted by molar-refractivity contribution is 5.96. The average molecular weight is 541 g/mol. The quantitative estimate of drug-likeness (QED) is 0.432. The number of amides is 1. The molecule has 0 saturated heterocycles. The number of ether oxygens (including phenoxy) is 1. The van der Waals surface area contributed by atoms with Crippen LogP contribution in [0.25, 0.3) is 11.3 Å². The fourth-order valence-electron chi connectivity index (χ4n) is 5.71. The van der Waals surface area contributed by atoms with Crippen LogP contribution < -0.4 is 5.73 Å². The van der Waals surface area contributed by atoms with Gasteiger partial charge in [0, 0.05) is 31.9 Å². The van der Waals surface area contributed by atoms with E-state index >= 15 is 0 Å². The van der Waals surface area contributed by atoms with E-state index in [0.29, 0.717) is 17.5 Å². The maximum absolute atomic E-state index is 14.6. The first-order valence-corrected chi connectivity index (χ1v) is 12.7. The van der Waals surface area contributed by atoms with E-state index in [2.05, 4.69) is 9.97 Å². The number of ketones is 1. The number of halogens is 3. The number of carbonyl (C=O) groups excluding carboxylic acids is 2. The van der Waals surface area contributed by atoms with Gasteiger partial charge >= 0.3 is 6.09 Å². The Kier molecular flexibility index (Phi) is 8.34. The molecule has 4 rings (SSSR count). The largest absolute Gasteiger partial charge is 0.453 e. The van der Waals surface area contributed by atoms with Crippen molar-refractivity contribution in [2.24, 2.45) is 11.7 Å². The van der Waals surface area contributed by atoms with Crippen molar-refractivity contribution in [1.82, 2.24) is 14.9 Å². The number of methoxy groups -OCH3 is 1. The van der Waals surface area contributed by atoms with E-state index in [0.717, 1.165) is 30.2 Å². The van der Waals surface area contributed by atoms with Gasteiger partial charge in [-0.05, 0) is 78.6 Å². The smallest absolute Gasteiger partial charge is 0.409 e. The SMILES string of the molecule is COC(=O)N(C)[C@@H]1[C@H](C)C[C@H](c2ccncc2CC(=O)c2ccc(F)c(-c3c(F)cc(C)cc3F)n2)C[C@@H]1N. The maximum Gasteiger partial charge on any atom is 0.409 e. The zero-order valence-electron chi connectivity index (χ0n) is 22.2. The molecule has 0 radical (unpaired) electrons. The van der Waals surface area contributed by atoms with Crippen molar-refractivity contribution in [3.63, 3.8) is 0 Å². The van der Waals surface area contributed by atoms with Crippen molar-refractivity contribution in [3.8, 4) is 11.3 Å². The van der Waals surface area contributed by atoms with Gasteiger partial charge in [0.2, 0.25) is 0 Å². The van der Waals surface area contributed by atoms with Crippen molar-refractivity contribution < 1.29 is 27.5 Å². The first kappa shape index (κ1) is 28.2. The first-order chi connectivity index (χ1) is 18.5. The Hall–Kier alpha value is -3.79. The molecule has 3 aromatic rings. The Bertz CT molecular complexity index is 1360. The Labute approximate surface area is 225 Å². The molecule has 0 unspecified atom stereocenters. The predicted octanol–water partition coefficient (Wildman–Crippen LogP) is 5.20. The predicted molar refractivity (Wildman–Crippen MR) is 140 cm³/mol. The van der Waals surface area contributed by atoms with Gasteiger partial charge in [-0.2, -0.15) is 0 Å². The number of aryl methyl sites for hydroxylation is 1. The molecule has 1 aliphatic carbocycles. The molecular weight excluding hydrogens is 509 g/mol. The third kappa shape index (κ3) is 5.80. The molecule has 10 heteroatoms. The van der Waals surface area contributed by atoms with E-state index in [4.69, 9.17) is 10.5 Å². The maximum atomic E-state index is 14.6. The molecular formula is C29H31F3N4O3. The summed E-state index contributed by atoms with van der Waals surface area (Å²) in [7, 11) is 3.00. The summed E-state index contributed by atoms with van der Waals surface area (Å²) >= 11 is 0. The van der Waals surface area contributed by atoms with Crippen LogP contribution in [0.3, 0.4) is 0 Å². The van der Waals surface area contributed by atoms with Crippen LogP contribution in [-0.4, -0.2) is 53.0 Å². The number of hydrogen-bond donors (Lipinski definition) is 1. The summed E-state index contributed by atoms with van der Waals surface area (Å²) in [5, 5.41) is 0. The molecule has 2 heterocycles. The molecule has 2 N–H and O–H groups in total. The van der Waals surface area contributed by atoms with Gasteiger partial charge in [0.1, 0.15) is 28.8 Å². The van der Waals surface area contributed by atoms with Gasteiger partial charge in [0.15, 0.2) is 5.78 Å². The summed E-state index contributed by atoms with van der Waals surface area (Å²) in [5.74, 6) is -3.24. The van der Waals surface area contributed by atoms with Crippen molar-refractivity contribution in [2.45, 2.75) is 51.1 Å². The number of aromatic nitrogens is 2. The van der Waals surface area contributed by atoms with Crippen molar-refractivity contribution in [1.29, 1.82) is 0 Å². The number of carbonyl (C=O) groups is 2. The minimum Gasteiger partial charge on any atom is -0.453 e. The minimum absolute atomic E-state index is 0.00980. The zero-order chi connectivity index (χ0) is 28.4. The third-order valence-electron chi connectivity index (χ3n) is 7.43. The Morgan fingerprint density at radius 2 is 1.79 bits per heavy atom. The van der Waals surface area contributed by atoms with Gasteiger partial charge in [0.25, 0.3) is 0 Å². The van der Waals surface area contributed by atoms with Gasteiger partial charge in [0.05, 0.1) is 18.7 Å². The second kappa shape index (κ2) is 11.5. The lowest BCUT2D eigenvalue weighted by molar-refractivity contribution is 0.0776. The molecule has 2 aromatic heterocycles. The number of nitrogens with two attached hydrogens (primary N) is 1. The van der Waals surface area contributed by atoms with Gasteiger partial charge in [-0.1, -0.05) is 6.92 Å². The summed E-state index contributed by atoms with van der Waals surface area (Å²) in [6, 6.07) is 5.67. The summed E-state index contributed by atoms with van der Waals surface area (Å²) in [6.45, 7) is 3.54. The van der Waals surface area contributed by atoms with Crippen LogP contribution in [0.1, 0.15) is 52.9 Å². The first-order valence-electron chi connectivity index (χ1n) is 12.7. The van der Waals surface area contributed by atoms with E-state index in [1.807, 2.05) is 13.0 Å². The second-order valence-corrected chi connectivity index (χ2v) is 10.2. The summed E-state index contributed by atoms with van der Waals surface area (Å²) in [5.41, 5.74) is 7.12. The Balaban J connectivity index is 1.59. The average Bonchev–Trinajstić information content (AvgIpc) is 2.88. The lowest BCUT2D eigenvalue weighted by atomic mass is 9.72. The third-order valence-corrected chi connectivity index (χ3v) is 7.43. The van der Waals surface area contributed by atoms with E-state index in [9.17, 15) is 22.8 Å². The summed E-state index contributed by atoms with van der Waals surface area (Å²) < 4.78 is 48.5. The van der Waals surface area contributed by atoms with Crippen LogP contribution in [0.4, 0.5) is 18.0 Å². The van der Waals surface area contributed by atoms with Crippen molar-refractivity contribution in [2.75, 3.05) is 14.2 Å². The molecule has 1 aromatic carbocycles. The summed E-state index contributed by atoms with van der Waals surface area (Å²) in [4.78, 5) is 35.1. The highest BCUT2D eigenvalue weighted by Crippen LogP contribution is 2.39. The molecule has 0 bridgehead atoms. The molecule has 0 spiro atoms. The molecule has 4 atom stereocenters. The lowest BCUT2D eigenvalue weighted by Gasteiger charge is -2.43. The monoisotopic (exact) mass is 540 g/mol. The van der Waals surface area contributed by atoms with Gasteiger partial charge in [-0.25, -0.2) is 22.9 Å². The number of nitrogens with zero attached hydrogens (tertiary/aromatic N) is 3. The molecule has 1 saturated carbocycles. The number of benzene rings is 1. The van der Waals surface area contributed by atoms with E-state index in [1.165, 1.54) is 25.0 Å². The molecule has 39 heavy (non-hydrogen) atoms. The van der Waals surface area contributed by atoms with Gasteiger partial charge in [-0.3, -0.25) is 9.78 Å². The number of Topliss-reactive ketones (excluding diaryl/α,β-unsaturated/α-hetero) is 1. The van der Waals surface area contributed by atoms with E-state index < -0.39 is 40.6 Å². The van der Waals surface area contributed by atoms with Crippen LogP contribution in [0.2, 0.25) is 0 Å². The minimum atomic E-state index is -0.961.